The molecule has 0 bridgehead atoms. The Morgan fingerprint density at radius 3 is 2.48 bits per heavy atom. The van der Waals surface area contributed by atoms with Crippen LogP contribution in [0, 0.1) is 0 Å². The molecule has 0 spiro atoms. The molecular formula is C19H28N2. The minimum atomic E-state index is 0.110. The topological polar surface area (TPSA) is 38.9 Å². The van der Waals surface area contributed by atoms with Crippen molar-refractivity contribution in [3.63, 3.8) is 0 Å². The molecule has 0 aliphatic heterocycles. The fourth-order valence-corrected chi connectivity index (χ4v) is 2.90. The largest absolute Gasteiger partial charge is 0.324 e. The van der Waals surface area contributed by atoms with Crippen LogP contribution in [0.5, 0.6) is 0 Å². The molecule has 1 aromatic heterocycles. The maximum absolute atomic E-state index is 6.38. The van der Waals surface area contributed by atoms with E-state index in [9.17, 15) is 0 Å². The van der Waals surface area contributed by atoms with Crippen LogP contribution in [0.1, 0.15) is 69.9 Å². The standard InChI is InChI=1S/C19H28N2/c1-2-3-4-5-6-7-8-14-18(20)17-13-9-11-16-12-10-15-21-19(16)17/h9-13,15,18H,2-8,14,20H2,1H3. The van der Waals surface area contributed by atoms with Gasteiger partial charge in [0.15, 0.2) is 0 Å². The Hall–Kier alpha value is -1.41. The van der Waals surface area contributed by atoms with E-state index in [-0.39, 0.29) is 6.04 Å². The summed E-state index contributed by atoms with van der Waals surface area (Å²) in [5, 5.41) is 1.19. The second-order valence-electron chi connectivity index (χ2n) is 5.94. The van der Waals surface area contributed by atoms with Gasteiger partial charge in [0.2, 0.25) is 0 Å². The van der Waals surface area contributed by atoms with Crippen LogP contribution in [0.25, 0.3) is 10.9 Å². The highest BCUT2D eigenvalue weighted by Crippen LogP contribution is 2.24. The lowest BCUT2D eigenvalue weighted by molar-refractivity contribution is 0.542. The third-order valence-electron chi connectivity index (χ3n) is 4.18. The summed E-state index contributed by atoms with van der Waals surface area (Å²) in [5.74, 6) is 0. The van der Waals surface area contributed by atoms with E-state index in [0.29, 0.717) is 0 Å². The summed E-state index contributed by atoms with van der Waals surface area (Å²) in [6.07, 6.45) is 12.2. The van der Waals surface area contributed by atoms with Crippen molar-refractivity contribution in [2.75, 3.05) is 0 Å². The van der Waals surface area contributed by atoms with E-state index >= 15 is 0 Å². The van der Waals surface area contributed by atoms with E-state index in [0.717, 1.165) is 11.9 Å². The highest BCUT2D eigenvalue weighted by molar-refractivity contribution is 5.81. The molecule has 0 amide bonds. The Kier molecular flexibility index (Phi) is 6.68. The highest BCUT2D eigenvalue weighted by atomic mass is 14.7. The van der Waals surface area contributed by atoms with Crippen LogP contribution in [0.2, 0.25) is 0 Å². The lowest BCUT2D eigenvalue weighted by atomic mass is 9.98. The first-order chi connectivity index (χ1) is 10.3. The second kappa shape index (κ2) is 8.78. The van der Waals surface area contributed by atoms with Crippen molar-refractivity contribution in [2.24, 2.45) is 5.73 Å². The van der Waals surface area contributed by atoms with Gasteiger partial charge in [-0.05, 0) is 18.1 Å². The Morgan fingerprint density at radius 2 is 1.67 bits per heavy atom. The normalized spacial score (nSPS) is 12.7. The molecule has 0 radical (unpaired) electrons. The zero-order valence-electron chi connectivity index (χ0n) is 13.2. The van der Waals surface area contributed by atoms with E-state index in [1.807, 2.05) is 12.3 Å². The van der Waals surface area contributed by atoms with Crippen LogP contribution in [-0.2, 0) is 0 Å². The van der Waals surface area contributed by atoms with E-state index in [1.54, 1.807) is 0 Å². The molecule has 1 unspecified atom stereocenters. The average molecular weight is 284 g/mol. The van der Waals surface area contributed by atoms with Crippen LogP contribution < -0.4 is 5.73 Å². The fourth-order valence-electron chi connectivity index (χ4n) is 2.90. The van der Waals surface area contributed by atoms with E-state index in [4.69, 9.17) is 5.73 Å². The van der Waals surface area contributed by atoms with Gasteiger partial charge in [0.05, 0.1) is 5.52 Å². The van der Waals surface area contributed by atoms with Gasteiger partial charge in [-0.1, -0.05) is 76.1 Å². The van der Waals surface area contributed by atoms with Crippen LogP contribution in [0.3, 0.4) is 0 Å². The molecule has 0 aliphatic carbocycles. The molecule has 2 aromatic rings. The van der Waals surface area contributed by atoms with Crippen molar-refractivity contribution < 1.29 is 0 Å². The maximum Gasteiger partial charge on any atom is 0.0749 e. The molecule has 1 aromatic carbocycles. The number of benzene rings is 1. The average Bonchev–Trinajstić information content (AvgIpc) is 2.53. The van der Waals surface area contributed by atoms with Gasteiger partial charge in [0, 0.05) is 17.6 Å². The molecule has 2 heteroatoms. The van der Waals surface area contributed by atoms with Gasteiger partial charge in [-0.3, -0.25) is 4.98 Å². The maximum atomic E-state index is 6.38. The quantitative estimate of drug-likeness (QED) is 0.628. The van der Waals surface area contributed by atoms with Crippen molar-refractivity contribution in [1.29, 1.82) is 0 Å². The number of fused-ring (bicyclic) bond motifs is 1. The molecule has 21 heavy (non-hydrogen) atoms. The smallest absolute Gasteiger partial charge is 0.0749 e. The van der Waals surface area contributed by atoms with E-state index in [2.05, 4.69) is 36.2 Å². The van der Waals surface area contributed by atoms with Crippen molar-refractivity contribution in [2.45, 2.75) is 64.3 Å². The van der Waals surface area contributed by atoms with Crippen molar-refractivity contribution >= 4 is 10.9 Å². The van der Waals surface area contributed by atoms with Gasteiger partial charge in [0.1, 0.15) is 0 Å². The molecule has 2 rings (SSSR count). The third-order valence-corrected chi connectivity index (χ3v) is 4.18. The molecule has 114 valence electrons. The SMILES string of the molecule is CCCCCCCCCC(N)c1cccc2cccnc12. The minimum absolute atomic E-state index is 0.110. The Bertz CT molecular complexity index is 531. The first-order valence-corrected chi connectivity index (χ1v) is 8.42. The highest BCUT2D eigenvalue weighted by Gasteiger charge is 2.10. The predicted octanol–water partition coefficient (Wildman–Crippen LogP) is 5.38. The lowest BCUT2D eigenvalue weighted by Crippen LogP contribution is -2.11. The molecule has 1 atom stereocenters. The number of rotatable bonds is 9. The summed E-state index contributed by atoms with van der Waals surface area (Å²) in [5.41, 5.74) is 8.64. The zero-order valence-corrected chi connectivity index (χ0v) is 13.2. The molecule has 2 N–H and O–H groups in total. The molecule has 0 saturated heterocycles. The van der Waals surface area contributed by atoms with Gasteiger partial charge >= 0.3 is 0 Å². The van der Waals surface area contributed by atoms with Gasteiger partial charge in [-0.15, -0.1) is 0 Å². The van der Waals surface area contributed by atoms with Crippen LogP contribution in [-0.4, -0.2) is 4.98 Å². The second-order valence-corrected chi connectivity index (χ2v) is 5.94. The Morgan fingerprint density at radius 1 is 0.952 bits per heavy atom. The van der Waals surface area contributed by atoms with E-state index < -0.39 is 0 Å². The number of para-hydroxylation sites is 1. The first-order valence-electron chi connectivity index (χ1n) is 8.42. The number of hydrogen-bond donors (Lipinski definition) is 1. The number of aromatic nitrogens is 1. The van der Waals surface area contributed by atoms with E-state index in [1.165, 1.54) is 55.9 Å². The Labute approximate surface area is 128 Å². The number of unbranched alkanes of at least 4 members (excludes halogenated alkanes) is 6. The number of nitrogens with zero attached hydrogens (tertiary/aromatic N) is 1. The zero-order chi connectivity index (χ0) is 14.9. The van der Waals surface area contributed by atoms with Gasteiger partial charge in [0.25, 0.3) is 0 Å². The third kappa shape index (κ3) is 4.82. The summed E-state index contributed by atoms with van der Waals surface area (Å²) < 4.78 is 0. The summed E-state index contributed by atoms with van der Waals surface area (Å²) in [4.78, 5) is 4.50. The summed E-state index contributed by atoms with van der Waals surface area (Å²) in [7, 11) is 0. The van der Waals surface area contributed by atoms with Crippen molar-refractivity contribution in [3.05, 3.63) is 42.1 Å². The summed E-state index contributed by atoms with van der Waals surface area (Å²) >= 11 is 0. The molecular weight excluding hydrogens is 256 g/mol. The number of pyridine rings is 1. The predicted molar refractivity (Wildman–Crippen MR) is 91.3 cm³/mol. The first kappa shape index (κ1) is 16.0. The molecule has 1 heterocycles. The summed E-state index contributed by atoms with van der Waals surface area (Å²) in [6, 6.07) is 10.5. The van der Waals surface area contributed by atoms with Gasteiger partial charge in [-0.2, -0.15) is 0 Å². The number of nitrogens with two attached hydrogens (primary N) is 1. The van der Waals surface area contributed by atoms with Crippen LogP contribution in [0.15, 0.2) is 36.5 Å². The lowest BCUT2D eigenvalue weighted by Gasteiger charge is -2.14. The minimum Gasteiger partial charge on any atom is -0.324 e. The van der Waals surface area contributed by atoms with Gasteiger partial charge in [-0.25, -0.2) is 0 Å². The van der Waals surface area contributed by atoms with Crippen molar-refractivity contribution in [1.82, 2.24) is 4.98 Å². The van der Waals surface area contributed by atoms with Crippen molar-refractivity contribution in [3.8, 4) is 0 Å². The van der Waals surface area contributed by atoms with Crippen LogP contribution >= 0.6 is 0 Å². The van der Waals surface area contributed by atoms with Gasteiger partial charge < -0.3 is 5.73 Å². The monoisotopic (exact) mass is 284 g/mol. The molecule has 0 fully saturated rings. The fraction of sp³-hybridized carbons (Fsp3) is 0.526. The van der Waals surface area contributed by atoms with Crippen LogP contribution in [0.4, 0.5) is 0 Å². The molecule has 0 aliphatic rings. The molecule has 0 saturated carbocycles. The Balaban J connectivity index is 1.81. The number of hydrogen-bond acceptors (Lipinski definition) is 2. The molecule has 2 nitrogen and oxygen atoms in total. The summed E-state index contributed by atoms with van der Waals surface area (Å²) in [6.45, 7) is 2.26.